The number of aromatic nitrogens is 1. The number of thioether (sulfide) groups is 1. The zero-order valence-electron chi connectivity index (χ0n) is 11.0. The fraction of sp³-hybridized carbons (Fsp3) is 0.231. The topological polar surface area (TPSA) is 57.3 Å². The lowest BCUT2D eigenvalue weighted by Gasteiger charge is -2.10. The van der Waals surface area contributed by atoms with E-state index in [4.69, 9.17) is 0 Å². The van der Waals surface area contributed by atoms with E-state index < -0.39 is 0 Å². The van der Waals surface area contributed by atoms with Gasteiger partial charge in [0.2, 0.25) is 0 Å². The summed E-state index contributed by atoms with van der Waals surface area (Å²) in [5.74, 6) is -0.0893. The minimum Gasteiger partial charge on any atom is -0.321 e. The third-order valence-corrected chi connectivity index (χ3v) is 4.70. The zero-order chi connectivity index (χ0) is 14.3. The molecule has 7 heteroatoms. The molecular weight excluding hydrogens is 340 g/mol. The summed E-state index contributed by atoms with van der Waals surface area (Å²) in [6, 6.07) is 1.93. The molecule has 1 aromatic rings. The quantitative estimate of drug-likeness (QED) is 0.856. The highest BCUT2D eigenvalue weighted by molar-refractivity contribution is 9.14. The normalized spacial score (nSPS) is 17.4. The van der Waals surface area contributed by atoms with Crippen LogP contribution in [-0.2, 0) is 4.79 Å². The highest BCUT2D eigenvalue weighted by Crippen LogP contribution is 2.42. The van der Waals surface area contributed by atoms with E-state index in [0.717, 1.165) is 31.4 Å². The van der Waals surface area contributed by atoms with Gasteiger partial charge in [-0.3, -0.25) is 14.8 Å². The van der Waals surface area contributed by atoms with Gasteiger partial charge in [-0.2, -0.15) is 0 Å². The van der Waals surface area contributed by atoms with E-state index in [-0.39, 0.29) is 5.91 Å². The van der Waals surface area contributed by atoms with Crippen molar-refractivity contribution < 1.29 is 4.79 Å². The van der Waals surface area contributed by atoms with Gasteiger partial charge in [0.15, 0.2) is 0 Å². The van der Waals surface area contributed by atoms with Gasteiger partial charge in [0, 0.05) is 18.9 Å². The summed E-state index contributed by atoms with van der Waals surface area (Å²) in [7, 11) is 0. The molecule has 0 atom stereocenters. The second-order valence-electron chi connectivity index (χ2n) is 4.62. The molecule has 0 saturated carbocycles. The van der Waals surface area contributed by atoms with Gasteiger partial charge >= 0.3 is 0 Å². The molecule has 0 unspecified atom stereocenters. The summed E-state index contributed by atoms with van der Waals surface area (Å²) < 4.78 is 0.985. The molecule has 0 spiro atoms. The molecule has 2 N–H and O–H groups in total. The number of anilines is 1. The average Bonchev–Trinajstić information content (AvgIpc) is 2.92. The van der Waals surface area contributed by atoms with Crippen LogP contribution in [0.25, 0.3) is 0 Å². The lowest BCUT2D eigenvalue weighted by atomic mass is 10.2. The first kappa shape index (κ1) is 13.7. The molecule has 104 valence electrons. The van der Waals surface area contributed by atoms with Crippen molar-refractivity contribution >= 4 is 39.3 Å². The van der Waals surface area contributed by atoms with E-state index >= 15 is 0 Å². The number of amides is 1. The first-order chi connectivity index (χ1) is 9.54. The third kappa shape index (κ3) is 2.48. The molecule has 0 aliphatic carbocycles. The minimum atomic E-state index is -0.0893. The molecule has 20 heavy (non-hydrogen) atoms. The van der Waals surface area contributed by atoms with Gasteiger partial charge in [0.05, 0.1) is 20.8 Å². The molecule has 1 amide bonds. The van der Waals surface area contributed by atoms with E-state index in [1.807, 2.05) is 31.1 Å². The number of rotatable bonds is 2. The smallest absolute Gasteiger partial charge is 0.255 e. The van der Waals surface area contributed by atoms with E-state index in [1.54, 1.807) is 6.20 Å². The van der Waals surface area contributed by atoms with Gasteiger partial charge in [-0.15, -0.1) is 0 Å². The molecule has 3 heterocycles. The lowest BCUT2D eigenvalue weighted by Crippen LogP contribution is -2.24. The van der Waals surface area contributed by atoms with E-state index in [1.165, 1.54) is 11.8 Å². The molecule has 2 aliphatic rings. The lowest BCUT2D eigenvalue weighted by molar-refractivity contribution is -0.112. The van der Waals surface area contributed by atoms with Crippen molar-refractivity contribution in [2.24, 2.45) is 0 Å². The Hall–Kier alpha value is -1.31. The Morgan fingerprint density at radius 2 is 2.35 bits per heavy atom. The van der Waals surface area contributed by atoms with E-state index in [9.17, 15) is 4.79 Å². The molecule has 5 nitrogen and oxygen atoms in total. The number of carbonyl (C=O) groups is 1. The largest absolute Gasteiger partial charge is 0.321 e. The molecule has 0 aromatic carbocycles. The number of hydrogen-bond donors (Lipinski definition) is 2. The van der Waals surface area contributed by atoms with Crippen LogP contribution in [0.1, 0.15) is 11.3 Å². The van der Waals surface area contributed by atoms with Crippen molar-refractivity contribution in [3.63, 3.8) is 0 Å². The minimum absolute atomic E-state index is 0.0893. The Morgan fingerprint density at radius 1 is 1.55 bits per heavy atom. The fourth-order valence-electron chi connectivity index (χ4n) is 2.03. The van der Waals surface area contributed by atoms with Crippen LogP contribution in [0.3, 0.4) is 0 Å². The molecule has 3 rings (SSSR count). The second kappa shape index (κ2) is 5.23. The average molecular weight is 353 g/mol. The third-order valence-electron chi connectivity index (χ3n) is 3.07. The highest BCUT2D eigenvalue weighted by Gasteiger charge is 2.31. The maximum atomic E-state index is 12.4. The van der Waals surface area contributed by atoms with Crippen LogP contribution in [0, 0.1) is 13.8 Å². The van der Waals surface area contributed by atoms with Crippen molar-refractivity contribution in [1.29, 1.82) is 0 Å². The van der Waals surface area contributed by atoms with Crippen LogP contribution in [0.15, 0.2) is 32.9 Å². The van der Waals surface area contributed by atoms with Crippen molar-refractivity contribution in [3.8, 4) is 0 Å². The number of fused-ring (bicyclic) bond motifs is 1. The van der Waals surface area contributed by atoms with Crippen molar-refractivity contribution in [2.75, 3.05) is 11.9 Å². The molecular formula is C13H13BrN4OS. The monoisotopic (exact) mass is 352 g/mol. The van der Waals surface area contributed by atoms with Crippen LogP contribution < -0.4 is 10.7 Å². The van der Waals surface area contributed by atoms with Gasteiger partial charge in [-0.25, -0.2) is 5.43 Å². The number of nitrogens with zero attached hydrogens (tertiary/aromatic N) is 2. The van der Waals surface area contributed by atoms with Crippen molar-refractivity contribution in [1.82, 2.24) is 15.4 Å². The Morgan fingerprint density at radius 3 is 3.15 bits per heavy atom. The van der Waals surface area contributed by atoms with Crippen LogP contribution in [0.4, 0.5) is 5.69 Å². The van der Waals surface area contributed by atoms with Crippen LogP contribution in [0.2, 0.25) is 0 Å². The number of nitrogens with one attached hydrogen (secondary N) is 2. The van der Waals surface area contributed by atoms with E-state index in [0.29, 0.717) is 6.54 Å². The Labute approximate surface area is 129 Å². The summed E-state index contributed by atoms with van der Waals surface area (Å²) in [6.07, 6.45) is 3.71. The van der Waals surface area contributed by atoms with Crippen LogP contribution in [-0.4, -0.2) is 22.4 Å². The number of carbonyl (C=O) groups excluding carboxylic acids is 1. The standard InChI is InChI=1S/C13H13BrN4OS/c1-7-3-10(8(2)15-4-7)17-12(19)9-5-16-18-6-11(14)20-13(9)18/h3-4,6,16H,5H2,1-2H3,(H,17,19). The van der Waals surface area contributed by atoms with Gasteiger partial charge in [0.1, 0.15) is 5.03 Å². The number of aryl methyl sites for hydroxylation is 2. The summed E-state index contributed by atoms with van der Waals surface area (Å²) in [5, 5.41) is 5.73. The number of hydrazine groups is 1. The maximum Gasteiger partial charge on any atom is 0.255 e. The molecule has 2 aliphatic heterocycles. The Bertz CT molecular complexity index is 656. The predicted octanol–water partition coefficient (Wildman–Crippen LogP) is 2.61. The van der Waals surface area contributed by atoms with Crippen molar-refractivity contribution in [2.45, 2.75) is 13.8 Å². The van der Waals surface area contributed by atoms with Gasteiger partial charge in [-0.05, 0) is 41.4 Å². The predicted molar refractivity (Wildman–Crippen MR) is 83.8 cm³/mol. The number of halogens is 1. The first-order valence-corrected chi connectivity index (χ1v) is 7.71. The van der Waals surface area contributed by atoms with Crippen molar-refractivity contribution in [3.05, 3.63) is 44.1 Å². The summed E-state index contributed by atoms with van der Waals surface area (Å²) in [5.41, 5.74) is 6.48. The van der Waals surface area contributed by atoms with Gasteiger partial charge in [-0.1, -0.05) is 11.8 Å². The Balaban J connectivity index is 1.83. The number of pyridine rings is 1. The zero-order valence-corrected chi connectivity index (χ0v) is 13.4. The van der Waals surface area contributed by atoms with Crippen LogP contribution in [0.5, 0.6) is 0 Å². The SMILES string of the molecule is Cc1cnc(C)c(NC(=O)C2=C3SC(Br)=CN3NC2)c1. The molecule has 1 aromatic heterocycles. The molecule has 0 fully saturated rings. The summed E-state index contributed by atoms with van der Waals surface area (Å²) in [6.45, 7) is 4.37. The van der Waals surface area contributed by atoms with Crippen LogP contribution >= 0.6 is 27.7 Å². The first-order valence-electron chi connectivity index (χ1n) is 6.10. The number of hydrogen-bond acceptors (Lipinski definition) is 5. The molecule has 0 radical (unpaired) electrons. The fourth-order valence-corrected chi connectivity index (χ4v) is 3.54. The second-order valence-corrected chi connectivity index (χ2v) is 7.03. The highest BCUT2D eigenvalue weighted by atomic mass is 79.9. The van der Waals surface area contributed by atoms with Gasteiger partial charge < -0.3 is 5.32 Å². The molecule has 0 saturated heterocycles. The maximum absolute atomic E-state index is 12.4. The summed E-state index contributed by atoms with van der Waals surface area (Å²) >= 11 is 4.96. The van der Waals surface area contributed by atoms with E-state index in [2.05, 4.69) is 31.7 Å². The Kier molecular flexibility index (Phi) is 3.57. The summed E-state index contributed by atoms with van der Waals surface area (Å²) in [4.78, 5) is 16.7. The van der Waals surface area contributed by atoms with Gasteiger partial charge in [0.25, 0.3) is 5.91 Å². The molecule has 0 bridgehead atoms.